The first-order chi connectivity index (χ1) is 7.61. The Morgan fingerprint density at radius 3 is 2.94 bits per heavy atom. The van der Waals surface area contributed by atoms with Gasteiger partial charge in [-0.3, -0.25) is 4.72 Å². The monoisotopic (exact) mass is 261 g/mol. The Labute approximate surface area is 99.3 Å². The predicted molar refractivity (Wildman–Crippen MR) is 65.4 cm³/mol. The van der Waals surface area contributed by atoms with Gasteiger partial charge >= 0.3 is 0 Å². The molecule has 0 bridgehead atoms. The van der Waals surface area contributed by atoms with Crippen molar-refractivity contribution in [1.29, 1.82) is 0 Å². The number of thiazole rings is 1. The van der Waals surface area contributed by atoms with Crippen LogP contribution in [0.1, 0.15) is 24.5 Å². The van der Waals surface area contributed by atoms with E-state index in [-0.39, 0.29) is 5.75 Å². The Bertz CT molecular complexity index is 451. The van der Waals surface area contributed by atoms with Crippen LogP contribution in [0.2, 0.25) is 0 Å². The van der Waals surface area contributed by atoms with Gasteiger partial charge in [-0.15, -0.1) is 11.3 Å². The van der Waals surface area contributed by atoms with Gasteiger partial charge in [-0.25, -0.2) is 13.4 Å². The third-order valence-electron chi connectivity index (χ3n) is 2.38. The SMILES string of the molecule is CNCCS(=O)(=O)Nc1nc(C2CC2)cs1. The minimum Gasteiger partial charge on any atom is -0.319 e. The van der Waals surface area contributed by atoms with Gasteiger partial charge in [0.05, 0.1) is 11.4 Å². The molecule has 1 aromatic heterocycles. The van der Waals surface area contributed by atoms with Gasteiger partial charge in [0.1, 0.15) is 0 Å². The minimum atomic E-state index is -3.25. The van der Waals surface area contributed by atoms with E-state index in [1.807, 2.05) is 5.38 Å². The number of nitrogens with one attached hydrogen (secondary N) is 2. The molecule has 1 aromatic rings. The summed E-state index contributed by atoms with van der Waals surface area (Å²) < 4.78 is 25.6. The maximum Gasteiger partial charge on any atom is 0.235 e. The summed E-state index contributed by atoms with van der Waals surface area (Å²) in [5, 5.41) is 5.23. The van der Waals surface area contributed by atoms with Gasteiger partial charge in [0.25, 0.3) is 0 Å². The number of aromatic nitrogens is 1. The van der Waals surface area contributed by atoms with Crippen molar-refractivity contribution in [2.45, 2.75) is 18.8 Å². The third kappa shape index (κ3) is 3.16. The lowest BCUT2D eigenvalue weighted by atomic mass is 10.3. The number of hydrogen-bond donors (Lipinski definition) is 2. The van der Waals surface area contributed by atoms with Crippen molar-refractivity contribution in [3.05, 3.63) is 11.1 Å². The van der Waals surface area contributed by atoms with E-state index >= 15 is 0 Å². The lowest BCUT2D eigenvalue weighted by Gasteiger charge is -2.03. The molecule has 16 heavy (non-hydrogen) atoms. The van der Waals surface area contributed by atoms with Crippen LogP contribution in [0.4, 0.5) is 5.13 Å². The summed E-state index contributed by atoms with van der Waals surface area (Å²) in [5.41, 5.74) is 1.02. The minimum absolute atomic E-state index is 0.0713. The topological polar surface area (TPSA) is 71.1 Å². The standard InChI is InChI=1S/C9H15N3O2S2/c1-10-4-5-16(13,14)12-9-11-8(6-15-9)7-2-3-7/h6-7,10H,2-5H2,1H3,(H,11,12). The second-order valence-electron chi connectivity index (χ2n) is 3.88. The molecule has 0 saturated heterocycles. The quantitative estimate of drug-likeness (QED) is 0.801. The first-order valence-corrected chi connectivity index (χ1v) is 7.74. The van der Waals surface area contributed by atoms with Crippen LogP contribution in [0.25, 0.3) is 0 Å². The smallest absolute Gasteiger partial charge is 0.235 e. The summed E-state index contributed by atoms with van der Waals surface area (Å²) in [4.78, 5) is 4.27. The lowest BCUT2D eigenvalue weighted by molar-refractivity contribution is 0.598. The van der Waals surface area contributed by atoms with E-state index in [4.69, 9.17) is 0 Å². The first kappa shape index (κ1) is 11.8. The Balaban J connectivity index is 1.96. The summed E-state index contributed by atoms with van der Waals surface area (Å²) in [6, 6.07) is 0. The van der Waals surface area contributed by atoms with Crippen LogP contribution < -0.4 is 10.0 Å². The second kappa shape index (κ2) is 4.68. The van der Waals surface area contributed by atoms with E-state index in [0.717, 1.165) is 5.69 Å². The average Bonchev–Trinajstić information content (AvgIpc) is 2.98. The van der Waals surface area contributed by atoms with Gasteiger partial charge < -0.3 is 5.32 Å². The number of hydrogen-bond acceptors (Lipinski definition) is 5. The van der Waals surface area contributed by atoms with Gasteiger partial charge in [0.2, 0.25) is 10.0 Å². The van der Waals surface area contributed by atoms with Crippen LogP contribution in [-0.4, -0.2) is 32.7 Å². The summed E-state index contributed by atoms with van der Waals surface area (Å²) in [6.07, 6.45) is 2.35. The normalized spacial score (nSPS) is 16.3. The Kier molecular flexibility index (Phi) is 3.46. The van der Waals surface area contributed by atoms with Crippen LogP contribution in [-0.2, 0) is 10.0 Å². The Morgan fingerprint density at radius 1 is 1.56 bits per heavy atom. The highest BCUT2D eigenvalue weighted by molar-refractivity contribution is 7.92. The van der Waals surface area contributed by atoms with Crippen LogP contribution in [0.5, 0.6) is 0 Å². The molecular weight excluding hydrogens is 246 g/mol. The molecule has 2 rings (SSSR count). The molecule has 0 spiro atoms. The fourth-order valence-electron chi connectivity index (χ4n) is 1.32. The second-order valence-corrected chi connectivity index (χ2v) is 6.58. The molecule has 90 valence electrons. The van der Waals surface area contributed by atoms with Crippen LogP contribution >= 0.6 is 11.3 Å². The zero-order valence-corrected chi connectivity index (χ0v) is 10.7. The zero-order chi connectivity index (χ0) is 11.6. The van der Waals surface area contributed by atoms with Gasteiger partial charge in [0, 0.05) is 17.8 Å². The Hall–Kier alpha value is -0.660. The van der Waals surface area contributed by atoms with Crippen LogP contribution in [0.3, 0.4) is 0 Å². The highest BCUT2D eigenvalue weighted by Crippen LogP contribution is 2.40. The largest absolute Gasteiger partial charge is 0.319 e. The van der Waals surface area contributed by atoms with Crippen molar-refractivity contribution in [3.63, 3.8) is 0 Å². The van der Waals surface area contributed by atoms with Crippen molar-refractivity contribution >= 4 is 26.5 Å². The number of rotatable bonds is 6. The van der Waals surface area contributed by atoms with Crippen molar-refractivity contribution < 1.29 is 8.42 Å². The van der Waals surface area contributed by atoms with E-state index in [9.17, 15) is 8.42 Å². The molecule has 1 saturated carbocycles. The van der Waals surface area contributed by atoms with Gasteiger partial charge in [0.15, 0.2) is 5.13 Å². The van der Waals surface area contributed by atoms with E-state index in [2.05, 4.69) is 15.0 Å². The van der Waals surface area contributed by atoms with Crippen LogP contribution in [0.15, 0.2) is 5.38 Å². The fourth-order valence-corrected chi connectivity index (χ4v) is 3.42. The van der Waals surface area contributed by atoms with E-state index in [1.165, 1.54) is 24.2 Å². The van der Waals surface area contributed by atoms with Gasteiger partial charge in [-0.2, -0.15) is 0 Å². The summed E-state index contributed by atoms with van der Waals surface area (Å²) in [6.45, 7) is 0.441. The molecule has 0 atom stereocenters. The average molecular weight is 261 g/mol. The summed E-state index contributed by atoms with van der Waals surface area (Å²) in [5.74, 6) is 0.633. The zero-order valence-electron chi connectivity index (χ0n) is 9.06. The predicted octanol–water partition coefficient (Wildman–Crippen LogP) is 0.982. The third-order valence-corrected chi connectivity index (χ3v) is 4.53. The summed E-state index contributed by atoms with van der Waals surface area (Å²) >= 11 is 1.36. The fraction of sp³-hybridized carbons (Fsp3) is 0.667. The van der Waals surface area contributed by atoms with E-state index in [0.29, 0.717) is 17.6 Å². The molecule has 1 heterocycles. The highest BCUT2D eigenvalue weighted by Gasteiger charge is 2.26. The van der Waals surface area contributed by atoms with Crippen molar-refractivity contribution in [2.75, 3.05) is 24.1 Å². The molecule has 0 amide bonds. The van der Waals surface area contributed by atoms with E-state index < -0.39 is 10.0 Å². The number of nitrogens with zero attached hydrogens (tertiary/aromatic N) is 1. The molecule has 0 radical (unpaired) electrons. The molecule has 1 fully saturated rings. The maximum absolute atomic E-state index is 11.6. The first-order valence-electron chi connectivity index (χ1n) is 5.21. The maximum atomic E-state index is 11.6. The molecule has 0 aromatic carbocycles. The van der Waals surface area contributed by atoms with Crippen molar-refractivity contribution in [2.24, 2.45) is 0 Å². The highest BCUT2D eigenvalue weighted by atomic mass is 32.2. The molecule has 1 aliphatic carbocycles. The lowest BCUT2D eigenvalue weighted by Crippen LogP contribution is -2.24. The van der Waals surface area contributed by atoms with Crippen molar-refractivity contribution in [1.82, 2.24) is 10.3 Å². The molecule has 5 nitrogen and oxygen atoms in total. The molecular formula is C9H15N3O2S2. The van der Waals surface area contributed by atoms with Gasteiger partial charge in [-0.1, -0.05) is 0 Å². The Morgan fingerprint density at radius 2 is 2.31 bits per heavy atom. The van der Waals surface area contributed by atoms with Gasteiger partial charge in [-0.05, 0) is 19.9 Å². The van der Waals surface area contributed by atoms with E-state index in [1.54, 1.807) is 7.05 Å². The number of anilines is 1. The van der Waals surface area contributed by atoms with Crippen LogP contribution in [0, 0.1) is 0 Å². The molecule has 0 aliphatic heterocycles. The number of sulfonamides is 1. The van der Waals surface area contributed by atoms with Crippen molar-refractivity contribution in [3.8, 4) is 0 Å². The molecule has 2 N–H and O–H groups in total. The molecule has 1 aliphatic rings. The molecule has 0 unspecified atom stereocenters. The molecule has 7 heteroatoms. The summed E-state index contributed by atoms with van der Waals surface area (Å²) in [7, 11) is -1.53.